The summed E-state index contributed by atoms with van der Waals surface area (Å²) in [4.78, 5) is 39.7. The zero-order chi connectivity index (χ0) is 94.9. The fourth-order valence-corrected chi connectivity index (χ4v) is 13.4. The third-order valence-corrected chi connectivity index (χ3v) is 19.4. The van der Waals surface area contributed by atoms with Crippen molar-refractivity contribution in [2.45, 2.75) is 62.0 Å². The van der Waals surface area contributed by atoms with E-state index in [1.165, 1.54) is 48.8 Å². The summed E-state index contributed by atoms with van der Waals surface area (Å²) in [6.07, 6.45) is 7.99. The first kappa shape index (κ1) is 69.3. The Morgan fingerprint density at radius 1 is 0.252 bits per heavy atom. The van der Waals surface area contributed by atoms with Crippen LogP contribution in [-0.4, -0.2) is 44.9 Å². The number of fused-ring (bicyclic) bond motifs is 9. The quantitative estimate of drug-likeness (QED) is 0.126. The summed E-state index contributed by atoms with van der Waals surface area (Å²) in [6.45, 7) is -2.94. The first-order valence-corrected chi connectivity index (χ1v) is 38.3. The standard InChI is InChI=1S/C24H17N2O.2C23H15N2O.2C13H12N.C12H10N.3Ir/c1-15-6-9-17(10-7-15)18-12-13-25-22(14-18)21-5-3-4-19-20-11-8-16(2)26-24(20)27-23(19)21;2*1-15-10-11-19-18-8-5-9-20(22(18)26-23(19)25-15)21-14-17(12-13-24-21)16-6-3-2-4-7-16;2*1-10-3-6-12(7-4-10)13-8-5-11(2)9-14-13;1-10-6-5-9-12(13-10)11-7-3-2-4-8-11;;;/h3-4,6-14H,1-2H3;2*2-8,10-14H,1H3;2*3-6,8-9H,1-2H3;2-7,9H,1H3;;;/q6*-1;;;/i1D3;;;2*1D3,2D3;;;;. The summed E-state index contributed by atoms with van der Waals surface area (Å²) in [6, 6.07) is 111. The van der Waals surface area contributed by atoms with Gasteiger partial charge >= 0.3 is 0 Å². The monoisotopic (exact) mass is 2150 g/mol. The Labute approximate surface area is 778 Å². The Morgan fingerprint density at radius 3 is 0.984 bits per heavy atom. The predicted octanol–water partition coefficient (Wildman–Crippen LogP) is 26.9. The van der Waals surface area contributed by atoms with E-state index in [1.807, 2.05) is 216 Å². The second kappa shape index (κ2) is 40.8. The van der Waals surface area contributed by atoms with Crippen LogP contribution in [0.3, 0.4) is 0 Å². The van der Waals surface area contributed by atoms with Crippen molar-refractivity contribution in [2.75, 3.05) is 0 Å². The fraction of sp³-hybridized carbons (Fsp3) is 0.0833. The van der Waals surface area contributed by atoms with Gasteiger partial charge in [-0.3, -0.25) is 0 Å². The van der Waals surface area contributed by atoms with Crippen molar-refractivity contribution in [3.8, 4) is 101 Å². The van der Waals surface area contributed by atoms with Crippen LogP contribution in [-0.2, 0) is 60.3 Å². The molecule has 0 N–H and O–H groups in total. The van der Waals surface area contributed by atoms with Crippen LogP contribution in [0.1, 0.15) is 71.2 Å². The molecule has 609 valence electrons. The van der Waals surface area contributed by atoms with Crippen molar-refractivity contribution in [3.05, 3.63) is 415 Å². The maximum absolute atomic E-state index is 7.53. The number of furan rings is 3. The van der Waals surface area contributed by atoms with E-state index in [1.54, 1.807) is 42.6 Å². The van der Waals surface area contributed by atoms with E-state index in [4.69, 9.17) is 33.8 Å². The Bertz CT molecular complexity index is 7330. The Morgan fingerprint density at radius 2 is 0.626 bits per heavy atom. The van der Waals surface area contributed by atoms with Gasteiger partial charge in [-0.2, -0.15) is 0 Å². The number of hydrogen-bond acceptors (Lipinski definition) is 12. The van der Waals surface area contributed by atoms with Crippen LogP contribution in [0.25, 0.3) is 167 Å². The van der Waals surface area contributed by atoms with Gasteiger partial charge in [0.1, 0.15) is 0 Å². The largest absolute Gasteiger partial charge is 0.486 e. The summed E-state index contributed by atoms with van der Waals surface area (Å²) in [5, 5.41) is 6.03. The van der Waals surface area contributed by atoms with Gasteiger partial charge in [0.2, 0.25) is 17.1 Å². The average molecular weight is 2140 g/mol. The van der Waals surface area contributed by atoms with Gasteiger partial charge in [-0.05, 0) is 188 Å². The molecular formula is C108H81Ir3N9O3-6. The smallest absolute Gasteiger partial charge is 0.216 e. The van der Waals surface area contributed by atoms with Gasteiger partial charge < -0.3 is 43.2 Å². The summed E-state index contributed by atoms with van der Waals surface area (Å²) in [7, 11) is 0. The van der Waals surface area contributed by atoms with Gasteiger partial charge in [-0.25, -0.2) is 15.0 Å². The minimum absolute atomic E-state index is 0. The summed E-state index contributed by atoms with van der Waals surface area (Å²) < 4.78 is 128. The molecule has 0 aliphatic carbocycles. The minimum Gasteiger partial charge on any atom is -0.486 e. The molecule has 12 heterocycles. The van der Waals surface area contributed by atoms with Crippen molar-refractivity contribution in [1.82, 2.24) is 44.9 Å². The van der Waals surface area contributed by atoms with E-state index >= 15 is 0 Å². The molecule has 0 aliphatic rings. The molecule has 12 nitrogen and oxygen atoms in total. The van der Waals surface area contributed by atoms with Crippen molar-refractivity contribution >= 4 is 66.2 Å². The molecule has 0 fully saturated rings. The second-order valence-corrected chi connectivity index (χ2v) is 27.9. The van der Waals surface area contributed by atoms with Gasteiger partial charge in [0, 0.05) is 151 Å². The van der Waals surface area contributed by atoms with Crippen LogP contribution in [0.5, 0.6) is 0 Å². The number of nitrogens with zero attached hydrogens (tertiary/aromatic N) is 9. The third kappa shape index (κ3) is 21.2. The van der Waals surface area contributed by atoms with Crippen molar-refractivity contribution in [3.63, 3.8) is 0 Å². The zero-order valence-corrected chi connectivity index (χ0v) is 73.6. The first-order valence-electron chi connectivity index (χ1n) is 45.8. The summed E-state index contributed by atoms with van der Waals surface area (Å²) in [5.41, 5.74) is 24.7. The molecule has 0 atom stereocenters. The van der Waals surface area contributed by atoms with Crippen LogP contribution >= 0.6 is 0 Å². The summed E-state index contributed by atoms with van der Waals surface area (Å²) in [5.74, 6) is 0. The molecule has 0 saturated heterocycles. The van der Waals surface area contributed by atoms with Crippen LogP contribution in [0.4, 0.5) is 0 Å². The first-order chi connectivity index (χ1) is 64.7. The van der Waals surface area contributed by atoms with E-state index in [0.29, 0.717) is 50.8 Å². The normalized spacial score (nSPS) is 12.9. The topological polar surface area (TPSA) is 155 Å². The summed E-state index contributed by atoms with van der Waals surface area (Å²) >= 11 is 0. The number of pyridine rings is 9. The van der Waals surface area contributed by atoms with Crippen molar-refractivity contribution in [2.24, 2.45) is 0 Å². The molecule has 0 saturated carbocycles. The van der Waals surface area contributed by atoms with Crippen LogP contribution < -0.4 is 0 Å². The van der Waals surface area contributed by atoms with Gasteiger partial charge in [0.15, 0.2) is 0 Å². The molecule has 0 amide bonds. The van der Waals surface area contributed by atoms with E-state index in [9.17, 15) is 0 Å². The predicted molar refractivity (Wildman–Crippen MR) is 485 cm³/mol. The average Bonchev–Trinajstić information content (AvgIpc) is 1.62. The van der Waals surface area contributed by atoms with Gasteiger partial charge in [0.25, 0.3) is 0 Å². The molecule has 0 bridgehead atoms. The number of hydrogen-bond donors (Lipinski definition) is 0. The minimum atomic E-state index is -2.18. The van der Waals surface area contributed by atoms with Gasteiger partial charge in [0.05, 0.1) is 16.7 Å². The van der Waals surface area contributed by atoms with E-state index < -0.39 is 34.3 Å². The van der Waals surface area contributed by atoms with Crippen LogP contribution in [0.2, 0.25) is 0 Å². The Hall–Kier alpha value is -13.3. The fourth-order valence-electron chi connectivity index (χ4n) is 13.4. The number of benzene rings is 9. The van der Waals surface area contributed by atoms with Crippen molar-refractivity contribution in [1.29, 1.82) is 0 Å². The number of rotatable bonds is 9. The molecule has 0 spiro atoms. The Balaban J connectivity index is 0.000000141. The van der Waals surface area contributed by atoms with E-state index in [2.05, 4.69) is 130 Å². The SMILES string of the molecule is Cc1ccc2c(n1)oc1c(-c3cc(-c4ccccc4)ccn3)[c-]ccc12.Cc1ccc2c(n1)oc1c(-c3cc(-c4ccccc4)ccn3)[c-]ccc12.Cc1cccc(-c2[c-]cccc2)n1.[2H]C([2H])([2H])c1c[c-]c(-c2ccc(C([2H])([2H])[2H])cn2)cc1.[2H]C([2H])([2H])c1c[c-]c(-c2ccc(C([2H])([2H])[2H])cn2)cc1.[2H]C([2H])([2H])c1ccc(-c2ccnc(-c3[c-]ccc4c3oc3nc(C)ccc34)c2)cc1.[Ir].[Ir].[Ir]. The van der Waals surface area contributed by atoms with Gasteiger partial charge in [-0.15, -0.1) is 161 Å². The zero-order valence-electron chi connectivity index (χ0n) is 81.4. The molecule has 12 aromatic heterocycles. The maximum atomic E-state index is 7.53. The molecular weight excluding hydrogens is 2050 g/mol. The van der Waals surface area contributed by atoms with E-state index in [-0.39, 0.29) is 82.6 Å². The van der Waals surface area contributed by atoms with Gasteiger partial charge in [-0.1, -0.05) is 192 Å². The van der Waals surface area contributed by atoms with Crippen LogP contribution in [0, 0.1) is 98.4 Å². The molecule has 123 heavy (non-hydrogen) atoms. The molecule has 9 aromatic carbocycles. The molecule has 3 radical (unpaired) electrons. The Kier molecular flexibility index (Phi) is 23.0. The molecule has 21 aromatic rings. The third-order valence-electron chi connectivity index (χ3n) is 19.4. The maximum Gasteiger partial charge on any atom is 0.216 e. The van der Waals surface area contributed by atoms with E-state index in [0.717, 1.165) is 145 Å². The number of aromatic nitrogens is 9. The molecule has 0 aliphatic heterocycles. The van der Waals surface area contributed by atoms with Crippen LogP contribution in [0.15, 0.2) is 341 Å². The molecule has 0 unspecified atom stereocenters. The molecule has 15 heteroatoms. The van der Waals surface area contributed by atoms with Crippen molar-refractivity contribution < 1.29 is 94.1 Å². The molecule has 21 rings (SSSR count). The second-order valence-electron chi connectivity index (χ2n) is 27.9. The number of aryl methyl sites for hydroxylation is 9.